The fourth-order valence-electron chi connectivity index (χ4n) is 1.01. The third kappa shape index (κ3) is 2.37. The van der Waals surface area contributed by atoms with Gasteiger partial charge in [-0.1, -0.05) is 24.6 Å². The first-order valence-corrected chi connectivity index (χ1v) is 4.18. The van der Waals surface area contributed by atoms with Crippen molar-refractivity contribution in [1.82, 2.24) is 0 Å². The molecule has 0 unspecified atom stereocenters. The maximum atomic E-state index is 12.2. The van der Waals surface area contributed by atoms with Gasteiger partial charge >= 0.3 is 6.18 Å². The summed E-state index contributed by atoms with van der Waals surface area (Å²) in [4.78, 5) is 0. The van der Waals surface area contributed by atoms with Crippen LogP contribution in [0.25, 0.3) is 0 Å². The molecule has 0 atom stereocenters. The van der Waals surface area contributed by atoms with Gasteiger partial charge in [0, 0.05) is 0 Å². The van der Waals surface area contributed by atoms with Crippen LogP contribution in [-0.2, 0) is 12.6 Å². The van der Waals surface area contributed by atoms with Gasteiger partial charge in [0.2, 0.25) is 0 Å². The van der Waals surface area contributed by atoms with Crippen LogP contribution in [0.2, 0.25) is 5.02 Å². The molecule has 0 bridgehead atoms. The molecule has 0 saturated heterocycles. The quantitative estimate of drug-likeness (QED) is 0.656. The highest BCUT2D eigenvalue weighted by molar-refractivity contribution is 6.31. The maximum Gasteiger partial charge on any atom is 0.417 e. The standard InChI is InChI=1S/C9H8ClF3/c1-2-6-3-4-7(8(10)5-6)9(11,12)13/h3-5H,2H2,1H3. The summed E-state index contributed by atoms with van der Waals surface area (Å²) < 4.78 is 36.6. The van der Waals surface area contributed by atoms with Crippen molar-refractivity contribution in [1.29, 1.82) is 0 Å². The lowest BCUT2D eigenvalue weighted by Crippen LogP contribution is -2.05. The largest absolute Gasteiger partial charge is 0.417 e. The van der Waals surface area contributed by atoms with E-state index in [-0.39, 0.29) is 5.02 Å². The summed E-state index contributed by atoms with van der Waals surface area (Å²) >= 11 is 5.47. The molecule has 0 fully saturated rings. The summed E-state index contributed by atoms with van der Waals surface area (Å²) in [5, 5.41) is -0.230. The summed E-state index contributed by atoms with van der Waals surface area (Å²) in [5.74, 6) is 0. The number of halogens is 4. The summed E-state index contributed by atoms with van der Waals surface area (Å²) in [6.07, 6.45) is -3.68. The van der Waals surface area contributed by atoms with Crippen molar-refractivity contribution in [3.8, 4) is 0 Å². The molecule has 0 spiro atoms. The van der Waals surface area contributed by atoms with Crippen molar-refractivity contribution in [2.24, 2.45) is 0 Å². The van der Waals surface area contributed by atoms with E-state index >= 15 is 0 Å². The molecule has 4 heteroatoms. The SMILES string of the molecule is CCc1ccc(C(F)(F)F)c(Cl)c1. The van der Waals surface area contributed by atoms with Crippen LogP contribution in [0, 0.1) is 0 Å². The highest BCUT2D eigenvalue weighted by Crippen LogP contribution is 2.34. The highest BCUT2D eigenvalue weighted by Gasteiger charge is 2.32. The molecule has 13 heavy (non-hydrogen) atoms. The van der Waals surface area contributed by atoms with E-state index in [4.69, 9.17) is 11.6 Å². The Morgan fingerprint density at radius 3 is 2.31 bits per heavy atom. The molecule has 0 N–H and O–H groups in total. The van der Waals surface area contributed by atoms with Gasteiger partial charge in [0.1, 0.15) is 0 Å². The molecule has 1 aromatic rings. The lowest BCUT2D eigenvalue weighted by Gasteiger charge is -2.09. The molecular weight excluding hydrogens is 201 g/mol. The van der Waals surface area contributed by atoms with Gasteiger partial charge in [0.25, 0.3) is 0 Å². The Hall–Kier alpha value is -0.700. The van der Waals surface area contributed by atoms with Crippen molar-refractivity contribution >= 4 is 11.6 Å². The predicted octanol–water partition coefficient (Wildman–Crippen LogP) is 3.92. The molecule has 0 aromatic heterocycles. The van der Waals surface area contributed by atoms with Crippen molar-refractivity contribution in [3.05, 3.63) is 34.3 Å². The Labute approximate surface area is 79.3 Å². The average molecular weight is 209 g/mol. The van der Waals surface area contributed by atoms with E-state index in [0.717, 1.165) is 11.6 Å². The van der Waals surface area contributed by atoms with Crippen LogP contribution in [0.4, 0.5) is 13.2 Å². The molecule has 0 nitrogen and oxygen atoms in total. The first-order valence-electron chi connectivity index (χ1n) is 3.80. The molecule has 0 aliphatic carbocycles. The predicted molar refractivity (Wildman–Crippen MR) is 45.8 cm³/mol. The number of alkyl halides is 3. The number of benzene rings is 1. The Morgan fingerprint density at radius 2 is 1.92 bits per heavy atom. The zero-order valence-electron chi connectivity index (χ0n) is 6.95. The van der Waals surface area contributed by atoms with E-state index in [9.17, 15) is 13.2 Å². The number of rotatable bonds is 1. The minimum absolute atomic E-state index is 0.230. The second-order valence-electron chi connectivity index (χ2n) is 2.67. The van der Waals surface area contributed by atoms with Crippen LogP contribution in [0.3, 0.4) is 0 Å². The summed E-state index contributed by atoms with van der Waals surface area (Å²) in [6, 6.07) is 3.81. The van der Waals surface area contributed by atoms with E-state index in [0.29, 0.717) is 6.42 Å². The van der Waals surface area contributed by atoms with Crippen molar-refractivity contribution in [3.63, 3.8) is 0 Å². The average Bonchev–Trinajstić information content (AvgIpc) is 2.01. The lowest BCUT2D eigenvalue weighted by molar-refractivity contribution is -0.137. The first kappa shape index (κ1) is 10.4. The van der Waals surface area contributed by atoms with Gasteiger partial charge < -0.3 is 0 Å². The first-order chi connectivity index (χ1) is 5.95. The molecule has 0 radical (unpaired) electrons. The van der Waals surface area contributed by atoms with Crippen LogP contribution >= 0.6 is 11.6 Å². The maximum absolute atomic E-state index is 12.2. The second kappa shape index (κ2) is 3.58. The zero-order chi connectivity index (χ0) is 10.1. The molecule has 1 aromatic carbocycles. The van der Waals surface area contributed by atoms with Gasteiger partial charge in [0.05, 0.1) is 10.6 Å². The van der Waals surface area contributed by atoms with E-state index in [2.05, 4.69) is 0 Å². The van der Waals surface area contributed by atoms with Crippen LogP contribution in [0.5, 0.6) is 0 Å². The van der Waals surface area contributed by atoms with Crippen LogP contribution in [-0.4, -0.2) is 0 Å². The van der Waals surface area contributed by atoms with E-state index in [1.165, 1.54) is 12.1 Å². The molecule has 0 amide bonds. The van der Waals surface area contributed by atoms with Crippen LogP contribution in [0.15, 0.2) is 18.2 Å². The fraction of sp³-hybridized carbons (Fsp3) is 0.333. The van der Waals surface area contributed by atoms with Gasteiger partial charge in [-0.2, -0.15) is 13.2 Å². The molecule has 0 saturated carbocycles. The molecule has 0 aliphatic rings. The Kier molecular flexibility index (Phi) is 2.86. The summed E-state index contributed by atoms with van der Waals surface area (Å²) in [7, 11) is 0. The minimum atomic E-state index is -4.36. The lowest BCUT2D eigenvalue weighted by atomic mass is 10.1. The number of aryl methyl sites for hydroxylation is 1. The third-order valence-corrected chi connectivity index (χ3v) is 2.06. The van der Waals surface area contributed by atoms with Gasteiger partial charge in [-0.05, 0) is 24.1 Å². The van der Waals surface area contributed by atoms with Crippen molar-refractivity contribution < 1.29 is 13.2 Å². The van der Waals surface area contributed by atoms with E-state index in [1.54, 1.807) is 0 Å². The molecule has 72 valence electrons. The van der Waals surface area contributed by atoms with Gasteiger partial charge in [0.15, 0.2) is 0 Å². The van der Waals surface area contributed by atoms with Gasteiger partial charge in [-0.15, -0.1) is 0 Å². The smallest absolute Gasteiger partial charge is 0.166 e. The topological polar surface area (TPSA) is 0 Å². The number of hydrogen-bond donors (Lipinski definition) is 0. The van der Waals surface area contributed by atoms with E-state index < -0.39 is 11.7 Å². The number of hydrogen-bond acceptors (Lipinski definition) is 0. The van der Waals surface area contributed by atoms with Gasteiger partial charge in [-0.3, -0.25) is 0 Å². The highest BCUT2D eigenvalue weighted by atomic mass is 35.5. The molecule has 1 rings (SSSR count). The van der Waals surface area contributed by atoms with E-state index in [1.807, 2.05) is 6.92 Å². The fourth-order valence-corrected chi connectivity index (χ4v) is 1.32. The van der Waals surface area contributed by atoms with Crippen molar-refractivity contribution in [2.45, 2.75) is 19.5 Å². The molecule has 0 aliphatic heterocycles. The summed E-state index contributed by atoms with van der Waals surface area (Å²) in [6.45, 7) is 1.86. The molecule has 0 heterocycles. The van der Waals surface area contributed by atoms with Crippen molar-refractivity contribution in [2.75, 3.05) is 0 Å². The van der Waals surface area contributed by atoms with Crippen LogP contribution < -0.4 is 0 Å². The Bertz CT molecular complexity index is 304. The minimum Gasteiger partial charge on any atom is -0.166 e. The normalized spacial score (nSPS) is 11.8. The third-order valence-electron chi connectivity index (χ3n) is 1.75. The molecular formula is C9H8ClF3. The monoisotopic (exact) mass is 208 g/mol. The Morgan fingerprint density at radius 1 is 1.31 bits per heavy atom. The zero-order valence-corrected chi connectivity index (χ0v) is 7.71. The van der Waals surface area contributed by atoms with Gasteiger partial charge in [-0.25, -0.2) is 0 Å². The Balaban J connectivity index is 3.13. The van der Waals surface area contributed by atoms with Crippen LogP contribution in [0.1, 0.15) is 18.1 Å². The summed E-state index contributed by atoms with van der Waals surface area (Å²) in [5.41, 5.74) is 0.0318. The second-order valence-corrected chi connectivity index (χ2v) is 3.07.